The molecule has 0 aromatic carbocycles. The van der Waals surface area contributed by atoms with E-state index >= 15 is 0 Å². The van der Waals surface area contributed by atoms with E-state index in [1.165, 1.54) is 36.1 Å². The molecule has 6 rings (SSSR count). The smallest absolute Gasteiger partial charge is 0.374 e. The van der Waals surface area contributed by atoms with E-state index in [2.05, 4.69) is 34.8 Å². The second-order valence-electron chi connectivity index (χ2n) is 8.44. The summed E-state index contributed by atoms with van der Waals surface area (Å²) in [6, 6.07) is 5.03. The Balaban J connectivity index is 1.28. The third kappa shape index (κ3) is 4.62. The lowest BCUT2D eigenvalue weighted by atomic mass is 10.2. The van der Waals surface area contributed by atoms with Crippen LogP contribution in [0.3, 0.4) is 0 Å². The number of aromatic nitrogens is 6. The number of amides is 1. The number of anilines is 2. The van der Waals surface area contributed by atoms with E-state index in [1.54, 1.807) is 28.0 Å². The molecule has 4 aromatic heterocycles. The summed E-state index contributed by atoms with van der Waals surface area (Å²) in [4.78, 5) is 29.8. The molecule has 2 saturated heterocycles. The van der Waals surface area contributed by atoms with Crippen LogP contribution in [-0.4, -0.2) is 66.4 Å². The van der Waals surface area contributed by atoms with Crippen molar-refractivity contribution in [1.82, 2.24) is 35.2 Å². The fraction of sp³-hybridized carbons (Fsp3) is 0.318. The highest BCUT2D eigenvalue weighted by Crippen LogP contribution is 2.34. The molecule has 11 nitrogen and oxygen atoms in total. The minimum absolute atomic E-state index is 0.0535. The Morgan fingerprint density at radius 1 is 1.22 bits per heavy atom. The zero-order chi connectivity index (χ0) is 25.6. The molecule has 0 N–H and O–H groups in total. The van der Waals surface area contributed by atoms with E-state index in [0.717, 1.165) is 11.3 Å². The van der Waals surface area contributed by atoms with Gasteiger partial charge in [-0.3, -0.25) is 9.78 Å². The number of halogens is 3. The van der Waals surface area contributed by atoms with Gasteiger partial charge in [-0.25, -0.2) is 4.98 Å². The van der Waals surface area contributed by atoms with E-state index in [9.17, 15) is 18.0 Å². The van der Waals surface area contributed by atoms with Crippen LogP contribution in [0.25, 0.3) is 10.7 Å². The summed E-state index contributed by atoms with van der Waals surface area (Å²) >= 11 is 1.19. The Morgan fingerprint density at radius 3 is 2.81 bits per heavy atom. The van der Waals surface area contributed by atoms with Gasteiger partial charge in [0, 0.05) is 23.8 Å². The normalized spacial score (nSPS) is 18.9. The first kappa shape index (κ1) is 23.4. The monoisotopic (exact) mass is 530 g/mol. The molecule has 190 valence electrons. The fourth-order valence-corrected chi connectivity index (χ4v) is 5.23. The summed E-state index contributed by atoms with van der Waals surface area (Å²) < 4.78 is 48.5. The number of thiophene rings is 1. The quantitative estimate of drug-likeness (QED) is 0.367. The highest BCUT2D eigenvalue weighted by atomic mass is 32.1. The molecule has 1 amide bonds. The Labute approximate surface area is 210 Å². The van der Waals surface area contributed by atoms with Crippen molar-refractivity contribution in [2.45, 2.75) is 31.3 Å². The van der Waals surface area contributed by atoms with Crippen molar-refractivity contribution in [3.63, 3.8) is 0 Å². The van der Waals surface area contributed by atoms with Crippen LogP contribution >= 0.6 is 11.3 Å². The third-order valence-electron chi connectivity index (χ3n) is 6.02. The van der Waals surface area contributed by atoms with E-state index in [0.29, 0.717) is 35.2 Å². The lowest BCUT2D eigenvalue weighted by molar-refractivity contribution is -0.159. The van der Waals surface area contributed by atoms with Crippen molar-refractivity contribution in [3.8, 4) is 10.7 Å². The van der Waals surface area contributed by atoms with Gasteiger partial charge in [-0.05, 0) is 24.6 Å². The van der Waals surface area contributed by atoms with Gasteiger partial charge < -0.3 is 19.1 Å². The van der Waals surface area contributed by atoms with Crippen LogP contribution in [0.2, 0.25) is 0 Å². The van der Waals surface area contributed by atoms with Gasteiger partial charge in [0.15, 0.2) is 11.6 Å². The Hall–Kier alpha value is -3.98. The molecule has 2 bridgehead atoms. The number of rotatable bonds is 6. The standard InChI is InChI=1S/C22H17F3N8O3S/c23-22(24,25)21-29-19(31-36-21)16-2-1-15(37-16)10-33(18-8-26-3-4-27-18)17-5-12(7-28-30-17)20(34)32-9-14-6-13(32)11-35-14/h1-5,7-8,13-14H,6,9-11H2/t13-,14-/m1/s1. The van der Waals surface area contributed by atoms with E-state index in [4.69, 9.17) is 4.74 Å². The first-order valence-electron chi connectivity index (χ1n) is 11.1. The number of nitrogens with zero attached hydrogens (tertiary/aromatic N) is 8. The van der Waals surface area contributed by atoms with Gasteiger partial charge in [-0.1, -0.05) is 5.16 Å². The zero-order valence-electron chi connectivity index (χ0n) is 18.9. The van der Waals surface area contributed by atoms with E-state index < -0.39 is 12.1 Å². The molecule has 0 spiro atoms. The van der Waals surface area contributed by atoms with Crippen LogP contribution in [0.15, 0.2) is 47.5 Å². The zero-order valence-corrected chi connectivity index (χ0v) is 19.7. The number of morpholine rings is 1. The maximum atomic E-state index is 13.2. The first-order chi connectivity index (χ1) is 17.8. The Morgan fingerprint density at radius 2 is 2.11 bits per heavy atom. The van der Waals surface area contributed by atoms with Crippen molar-refractivity contribution in [3.05, 3.63) is 59.3 Å². The maximum Gasteiger partial charge on any atom is 0.471 e. The molecule has 0 saturated carbocycles. The second kappa shape index (κ2) is 9.15. The highest BCUT2D eigenvalue weighted by Gasteiger charge is 2.42. The third-order valence-corrected chi connectivity index (χ3v) is 7.08. The maximum absolute atomic E-state index is 13.2. The molecule has 6 heterocycles. The van der Waals surface area contributed by atoms with Gasteiger partial charge in [0.2, 0.25) is 5.82 Å². The van der Waals surface area contributed by atoms with Crippen molar-refractivity contribution >= 4 is 28.9 Å². The molecule has 2 atom stereocenters. The minimum atomic E-state index is -4.73. The predicted octanol–water partition coefficient (Wildman–Crippen LogP) is 3.35. The average Bonchev–Trinajstić information content (AvgIpc) is 3.71. The number of alkyl halides is 3. The number of likely N-dealkylation sites (tertiary alicyclic amines) is 1. The summed E-state index contributed by atoms with van der Waals surface area (Å²) in [6.07, 6.45) is 2.17. The topological polar surface area (TPSA) is 123 Å². The Bertz CT molecular complexity index is 1430. The lowest BCUT2D eigenvalue weighted by Crippen LogP contribution is -2.41. The van der Waals surface area contributed by atoms with Crippen molar-refractivity contribution in [2.75, 3.05) is 18.1 Å². The number of fused-ring (bicyclic) bond motifs is 2. The van der Waals surface area contributed by atoms with Gasteiger partial charge in [0.1, 0.15) is 0 Å². The molecular formula is C22H17F3N8O3S. The molecule has 37 heavy (non-hydrogen) atoms. The van der Waals surface area contributed by atoms with Crippen molar-refractivity contribution in [1.29, 1.82) is 0 Å². The second-order valence-corrected chi connectivity index (χ2v) is 9.61. The van der Waals surface area contributed by atoms with Crippen LogP contribution in [0, 0.1) is 0 Å². The largest absolute Gasteiger partial charge is 0.471 e. The van der Waals surface area contributed by atoms with Gasteiger partial charge >= 0.3 is 12.1 Å². The number of ether oxygens (including phenoxy) is 1. The highest BCUT2D eigenvalue weighted by molar-refractivity contribution is 7.15. The summed E-state index contributed by atoms with van der Waals surface area (Å²) in [6.45, 7) is 1.29. The van der Waals surface area contributed by atoms with Gasteiger partial charge in [0.05, 0.1) is 48.1 Å². The van der Waals surface area contributed by atoms with E-state index in [-0.39, 0.29) is 30.4 Å². The number of carbonyl (C=O) groups is 1. The average molecular weight is 530 g/mol. The van der Waals surface area contributed by atoms with Gasteiger partial charge in [-0.2, -0.15) is 23.3 Å². The van der Waals surface area contributed by atoms with Gasteiger partial charge in [0.25, 0.3) is 5.91 Å². The van der Waals surface area contributed by atoms with Gasteiger partial charge in [-0.15, -0.1) is 16.4 Å². The van der Waals surface area contributed by atoms with Crippen LogP contribution < -0.4 is 4.90 Å². The first-order valence-corrected chi connectivity index (χ1v) is 12.0. The molecule has 0 radical (unpaired) electrons. The number of hydrogen-bond acceptors (Lipinski definition) is 11. The Kier molecular flexibility index (Phi) is 5.79. The molecule has 2 aliphatic heterocycles. The number of carbonyl (C=O) groups excluding carboxylic acids is 1. The molecule has 2 aliphatic rings. The van der Waals surface area contributed by atoms with Crippen LogP contribution in [-0.2, 0) is 17.5 Å². The van der Waals surface area contributed by atoms with Crippen molar-refractivity contribution < 1.29 is 27.2 Å². The molecule has 0 unspecified atom stereocenters. The van der Waals surface area contributed by atoms with E-state index in [1.807, 2.05) is 0 Å². The van der Waals surface area contributed by atoms with Crippen LogP contribution in [0.1, 0.15) is 27.5 Å². The molecule has 2 fully saturated rings. The summed E-state index contributed by atoms with van der Waals surface area (Å²) in [5, 5.41) is 11.7. The van der Waals surface area contributed by atoms with Crippen molar-refractivity contribution in [2.24, 2.45) is 0 Å². The molecular weight excluding hydrogens is 513 g/mol. The predicted molar refractivity (Wildman–Crippen MR) is 122 cm³/mol. The van der Waals surface area contributed by atoms with Crippen LogP contribution in [0.5, 0.6) is 0 Å². The lowest BCUT2D eigenvalue weighted by Gasteiger charge is -2.27. The number of hydrogen-bond donors (Lipinski definition) is 0. The molecule has 15 heteroatoms. The summed E-state index contributed by atoms with van der Waals surface area (Å²) in [5.41, 5.74) is 0.379. The minimum Gasteiger partial charge on any atom is -0.374 e. The summed E-state index contributed by atoms with van der Waals surface area (Å²) in [7, 11) is 0. The molecule has 0 aliphatic carbocycles. The summed E-state index contributed by atoms with van der Waals surface area (Å²) in [5.74, 6) is -0.911. The molecule has 4 aromatic rings. The SMILES string of the molecule is O=C(c1cnnc(N(Cc2ccc(-c3noc(C(F)(F)F)n3)s2)c2cnccn2)c1)N1C[C@H]2C[C@@H]1CO2. The fourth-order valence-electron chi connectivity index (χ4n) is 4.31. The van der Waals surface area contributed by atoms with Crippen LogP contribution in [0.4, 0.5) is 24.8 Å².